The summed E-state index contributed by atoms with van der Waals surface area (Å²) in [6.45, 7) is -0.439. The Morgan fingerprint density at radius 1 is 1.14 bits per heavy atom. The Kier molecular flexibility index (Phi) is 5.37. The SMILES string of the molecule is Nc1ncnc2c1c1cccc(C(F)(F)F)c1n2CC(=O)N1C2C[C@@H]2C[C@H]1C(=O)Nc1cccc(Br)n1. The number of nitrogens with one attached hydrogen (secondary N) is 1. The smallest absolute Gasteiger partial charge is 0.383 e. The van der Waals surface area contributed by atoms with Gasteiger partial charge in [-0.05, 0) is 52.9 Å². The van der Waals surface area contributed by atoms with E-state index in [2.05, 4.69) is 36.2 Å². The molecule has 0 bridgehead atoms. The number of benzene rings is 1. The van der Waals surface area contributed by atoms with Crippen molar-refractivity contribution in [2.45, 2.75) is 37.6 Å². The third-order valence-corrected chi connectivity index (χ3v) is 7.39. The number of anilines is 2. The molecule has 3 aromatic heterocycles. The van der Waals surface area contributed by atoms with Gasteiger partial charge >= 0.3 is 6.18 Å². The number of amides is 2. The predicted octanol–water partition coefficient (Wildman–Crippen LogP) is 3.97. The molecule has 9 nitrogen and oxygen atoms in total. The van der Waals surface area contributed by atoms with Gasteiger partial charge in [-0.3, -0.25) is 9.59 Å². The molecule has 1 aliphatic carbocycles. The Balaban J connectivity index is 1.38. The number of pyridine rings is 1. The van der Waals surface area contributed by atoms with Crippen LogP contribution in [0.3, 0.4) is 0 Å². The zero-order valence-electron chi connectivity index (χ0n) is 19.0. The van der Waals surface area contributed by atoms with Crippen LogP contribution in [0, 0.1) is 5.92 Å². The van der Waals surface area contributed by atoms with Crippen molar-refractivity contribution in [1.82, 2.24) is 24.4 Å². The molecule has 1 unspecified atom stereocenters. The number of para-hydroxylation sites is 1. The number of nitrogens with zero attached hydrogens (tertiary/aromatic N) is 5. The second kappa shape index (κ2) is 8.40. The molecule has 3 atom stereocenters. The summed E-state index contributed by atoms with van der Waals surface area (Å²) in [5.74, 6) is -0.340. The van der Waals surface area contributed by atoms with Crippen LogP contribution in [0.4, 0.5) is 24.8 Å². The van der Waals surface area contributed by atoms with Crippen molar-refractivity contribution < 1.29 is 22.8 Å². The number of fused-ring (bicyclic) bond motifs is 4. The Bertz CT molecular complexity index is 1590. The number of piperidine rings is 1. The molecule has 0 radical (unpaired) electrons. The zero-order chi connectivity index (χ0) is 26.1. The van der Waals surface area contributed by atoms with Crippen LogP contribution in [0.1, 0.15) is 18.4 Å². The lowest BCUT2D eigenvalue weighted by Crippen LogP contribution is -2.46. The van der Waals surface area contributed by atoms with E-state index in [1.165, 1.54) is 21.6 Å². The summed E-state index contributed by atoms with van der Waals surface area (Å²) in [6.07, 6.45) is -2.29. The van der Waals surface area contributed by atoms with Gasteiger partial charge in [-0.2, -0.15) is 13.2 Å². The van der Waals surface area contributed by atoms with E-state index in [1.54, 1.807) is 18.2 Å². The maximum Gasteiger partial charge on any atom is 0.418 e. The molecule has 1 aromatic carbocycles. The molecule has 1 aliphatic heterocycles. The average molecular weight is 574 g/mol. The first kappa shape index (κ1) is 23.6. The minimum absolute atomic E-state index is 0.0164. The molecule has 13 heteroatoms. The van der Waals surface area contributed by atoms with Gasteiger partial charge in [-0.25, -0.2) is 15.0 Å². The highest BCUT2D eigenvalue weighted by atomic mass is 79.9. The molecule has 0 spiro atoms. The average Bonchev–Trinajstić information content (AvgIpc) is 3.38. The molecule has 4 heterocycles. The van der Waals surface area contributed by atoms with E-state index < -0.39 is 36.1 Å². The van der Waals surface area contributed by atoms with Gasteiger partial charge in [-0.15, -0.1) is 0 Å². The molecular weight excluding hydrogens is 555 g/mol. The fraction of sp³-hybridized carbons (Fsp3) is 0.292. The minimum Gasteiger partial charge on any atom is -0.383 e. The first-order valence-corrected chi connectivity index (χ1v) is 12.3. The molecule has 190 valence electrons. The van der Waals surface area contributed by atoms with E-state index in [4.69, 9.17) is 5.73 Å². The number of carbonyl (C=O) groups is 2. The van der Waals surface area contributed by atoms with Crippen molar-refractivity contribution in [2.75, 3.05) is 11.1 Å². The molecule has 6 rings (SSSR count). The van der Waals surface area contributed by atoms with Gasteiger partial charge in [0.1, 0.15) is 40.8 Å². The number of carbonyl (C=O) groups excluding carboxylic acids is 2. The number of alkyl halides is 3. The summed E-state index contributed by atoms with van der Waals surface area (Å²) in [5, 5.41) is 3.19. The summed E-state index contributed by atoms with van der Waals surface area (Å²) in [5.41, 5.74) is 5.04. The Morgan fingerprint density at radius 3 is 2.68 bits per heavy atom. The standard InChI is InChI=1S/C24H19BrF3N7O2/c25-16-5-2-6-17(32-16)33-23(37)15-8-11-7-14(11)35(15)18(36)9-34-20-12(3-1-4-13(20)24(26,27)28)19-21(29)30-10-31-22(19)34/h1-6,10-11,14-15H,7-9H2,(H2,29,30,31)(H,32,33,37)/t11-,14?,15+/m1/s1. The van der Waals surface area contributed by atoms with E-state index in [1.807, 2.05) is 0 Å². The van der Waals surface area contributed by atoms with E-state index in [0.29, 0.717) is 16.8 Å². The molecule has 37 heavy (non-hydrogen) atoms. The van der Waals surface area contributed by atoms with E-state index in [-0.39, 0.29) is 39.7 Å². The highest BCUT2D eigenvalue weighted by molar-refractivity contribution is 9.10. The van der Waals surface area contributed by atoms with Crippen molar-refractivity contribution in [3.05, 3.63) is 52.9 Å². The fourth-order valence-electron chi connectivity index (χ4n) is 5.33. The summed E-state index contributed by atoms with van der Waals surface area (Å²) in [6, 6.07) is 7.92. The van der Waals surface area contributed by atoms with Gasteiger partial charge in [0.25, 0.3) is 0 Å². The molecule has 1 saturated carbocycles. The molecule has 2 amide bonds. The largest absolute Gasteiger partial charge is 0.418 e. The van der Waals surface area contributed by atoms with Gasteiger partial charge in [0, 0.05) is 11.4 Å². The first-order valence-electron chi connectivity index (χ1n) is 11.5. The normalized spacial score (nSPS) is 20.9. The van der Waals surface area contributed by atoms with Gasteiger partial charge < -0.3 is 20.5 Å². The number of rotatable bonds is 4. The van der Waals surface area contributed by atoms with E-state index in [9.17, 15) is 22.8 Å². The van der Waals surface area contributed by atoms with Crippen molar-refractivity contribution in [3.63, 3.8) is 0 Å². The summed E-state index contributed by atoms with van der Waals surface area (Å²) in [4.78, 5) is 40.6. The second-order valence-corrected chi connectivity index (χ2v) is 10.0. The van der Waals surface area contributed by atoms with Gasteiger partial charge in [0.2, 0.25) is 11.8 Å². The number of hydrogen-bond donors (Lipinski definition) is 2. The van der Waals surface area contributed by atoms with Gasteiger partial charge in [0.15, 0.2) is 0 Å². The predicted molar refractivity (Wildman–Crippen MR) is 132 cm³/mol. The van der Waals surface area contributed by atoms with E-state index in [0.717, 1.165) is 18.8 Å². The number of likely N-dealkylation sites (tertiary alicyclic amines) is 1. The van der Waals surface area contributed by atoms with Crippen molar-refractivity contribution in [3.8, 4) is 0 Å². The van der Waals surface area contributed by atoms with E-state index >= 15 is 0 Å². The highest BCUT2D eigenvalue weighted by Gasteiger charge is 2.56. The molecular formula is C24H19BrF3N7O2. The maximum atomic E-state index is 14.0. The molecule has 2 fully saturated rings. The van der Waals surface area contributed by atoms with Crippen LogP contribution in [0.5, 0.6) is 0 Å². The third-order valence-electron chi connectivity index (χ3n) is 6.95. The number of nitrogen functional groups attached to an aromatic ring is 1. The van der Waals surface area contributed by atoms with Crippen LogP contribution in [-0.4, -0.2) is 48.3 Å². The topological polar surface area (TPSA) is 119 Å². The monoisotopic (exact) mass is 573 g/mol. The fourth-order valence-corrected chi connectivity index (χ4v) is 5.67. The number of hydrogen-bond acceptors (Lipinski definition) is 6. The van der Waals surface area contributed by atoms with Crippen LogP contribution >= 0.6 is 15.9 Å². The van der Waals surface area contributed by atoms with Crippen molar-refractivity contribution >= 4 is 61.3 Å². The lowest BCUT2D eigenvalue weighted by atomic mass is 10.1. The Morgan fingerprint density at radius 2 is 1.92 bits per heavy atom. The first-order chi connectivity index (χ1) is 17.6. The maximum absolute atomic E-state index is 14.0. The lowest BCUT2D eigenvalue weighted by Gasteiger charge is -2.27. The second-order valence-electron chi connectivity index (χ2n) is 9.19. The van der Waals surface area contributed by atoms with Crippen LogP contribution in [0.25, 0.3) is 21.9 Å². The Hall–Kier alpha value is -3.74. The van der Waals surface area contributed by atoms with Crippen molar-refractivity contribution in [2.24, 2.45) is 5.92 Å². The number of nitrogens with two attached hydrogens (primary N) is 1. The van der Waals surface area contributed by atoms with Gasteiger partial charge in [-0.1, -0.05) is 18.2 Å². The minimum atomic E-state index is -4.68. The van der Waals surface area contributed by atoms with Crippen LogP contribution < -0.4 is 11.1 Å². The zero-order valence-corrected chi connectivity index (χ0v) is 20.6. The quantitative estimate of drug-likeness (QED) is 0.356. The molecule has 4 aromatic rings. The molecule has 2 aliphatic rings. The van der Waals surface area contributed by atoms with Crippen LogP contribution in [0.2, 0.25) is 0 Å². The summed E-state index contributed by atoms with van der Waals surface area (Å²) in [7, 11) is 0. The summed E-state index contributed by atoms with van der Waals surface area (Å²) < 4.78 is 43.8. The van der Waals surface area contributed by atoms with Gasteiger partial charge in [0.05, 0.1) is 16.5 Å². The summed E-state index contributed by atoms with van der Waals surface area (Å²) >= 11 is 3.26. The number of halogens is 4. The third kappa shape index (κ3) is 3.97. The van der Waals surface area contributed by atoms with Crippen molar-refractivity contribution in [1.29, 1.82) is 0 Å². The van der Waals surface area contributed by atoms with Crippen LogP contribution in [0.15, 0.2) is 47.3 Å². The Labute approximate surface area is 216 Å². The molecule has 1 saturated heterocycles. The van der Waals surface area contributed by atoms with Crippen LogP contribution in [-0.2, 0) is 22.3 Å². The number of aromatic nitrogens is 4. The lowest BCUT2D eigenvalue weighted by molar-refractivity contribution is -0.139. The molecule has 3 N–H and O–H groups in total. The highest BCUT2D eigenvalue weighted by Crippen LogP contribution is 2.48.